The lowest BCUT2D eigenvalue weighted by atomic mass is 10.2. The number of rotatable bonds is 5. The van der Waals surface area contributed by atoms with Crippen molar-refractivity contribution in [1.82, 2.24) is 4.90 Å². The SMILES string of the molecule is C=CCN(CC[O])C1CCCC1. The molecule has 0 bridgehead atoms. The molecule has 0 unspecified atom stereocenters. The van der Waals surface area contributed by atoms with Crippen LogP contribution < -0.4 is 0 Å². The van der Waals surface area contributed by atoms with Gasteiger partial charge >= 0.3 is 0 Å². The van der Waals surface area contributed by atoms with Crippen molar-refractivity contribution in [1.29, 1.82) is 0 Å². The highest BCUT2D eigenvalue weighted by Crippen LogP contribution is 2.22. The zero-order valence-electron chi connectivity index (χ0n) is 7.67. The largest absolute Gasteiger partial charge is 0.294 e. The van der Waals surface area contributed by atoms with Crippen LogP contribution in [0.2, 0.25) is 0 Å². The molecule has 2 heteroatoms. The van der Waals surface area contributed by atoms with Gasteiger partial charge in [-0.15, -0.1) is 6.58 Å². The smallest absolute Gasteiger partial charge is 0.0949 e. The minimum absolute atomic E-state index is 0.0182. The van der Waals surface area contributed by atoms with Crippen LogP contribution in [0.15, 0.2) is 12.7 Å². The van der Waals surface area contributed by atoms with Crippen LogP contribution in [0.4, 0.5) is 0 Å². The molecule has 1 rings (SSSR count). The summed E-state index contributed by atoms with van der Waals surface area (Å²) >= 11 is 0. The first-order valence-electron chi connectivity index (χ1n) is 4.81. The highest BCUT2D eigenvalue weighted by molar-refractivity contribution is 4.82. The highest BCUT2D eigenvalue weighted by Gasteiger charge is 2.20. The van der Waals surface area contributed by atoms with E-state index in [1.165, 1.54) is 25.7 Å². The third kappa shape index (κ3) is 2.61. The molecule has 0 aromatic carbocycles. The van der Waals surface area contributed by atoms with Crippen molar-refractivity contribution < 1.29 is 5.11 Å². The first kappa shape index (κ1) is 9.75. The van der Waals surface area contributed by atoms with Crippen molar-refractivity contribution >= 4 is 0 Å². The maximum atomic E-state index is 10.5. The fourth-order valence-electron chi connectivity index (χ4n) is 1.98. The first-order valence-corrected chi connectivity index (χ1v) is 4.81. The van der Waals surface area contributed by atoms with Gasteiger partial charge < -0.3 is 0 Å². The second-order valence-corrected chi connectivity index (χ2v) is 3.43. The predicted molar refractivity (Wildman–Crippen MR) is 49.6 cm³/mol. The van der Waals surface area contributed by atoms with Crippen LogP contribution in [0, 0.1) is 0 Å². The molecule has 1 aliphatic rings. The molecule has 0 amide bonds. The monoisotopic (exact) mass is 168 g/mol. The Bertz CT molecular complexity index is 130. The van der Waals surface area contributed by atoms with E-state index in [2.05, 4.69) is 11.5 Å². The molecule has 0 spiro atoms. The second-order valence-electron chi connectivity index (χ2n) is 3.43. The van der Waals surface area contributed by atoms with Crippen LogP contribution in [-0.4, -0.2) is 30.6 Å². The van der Waals surface area contributed by atoms with Crippen LogP contribution >= 0.6 is 0 Å². The Morgan fingerprint density at radius 1 is 1.42 bits per heavy atom. The van der Waals surface area contributed by atoms with Crippen LogP contribution in [0.1, 0.15) is 25.7 Å². The molecule has 2 nitrogen and oxygen atoms in total. The molecule has 0 aromatic rings. The maximum absolute atomic E-state index is 10.5. The van der Waals surface area contributed by atoms with Crippen molar-refractivity contribution in [3.8, 4) is 0 Å². The summed E-state index contributed by atoms with van der Waals surface area (Å²) in [4.78, 5) is 2.27. The van der Waals surface area contributed by atoms with Crippen LogP contribution in [0.5, 0.6) is 0 Å². The lowest BCUT2D eigenvalue weighted by Crippen LogP contribution is -2.35. The van der Waals surface area contributed by atoms with E-state index in [1.54, 1.807) is 0 Å². The lowest BCUT2D eigenvalue weighted by molar-refractivity contribution is 0.123. The Hall–Kier alpha value is -0.340. The topological polar surface area (TPSA) is 23.1 Å². The van der Waals surface area contributed by atoms with Gasteiger partial charge in [-0.25, -0.2) is 5.11 Å². The van der Waals surface area contributed by atoms with Crippen LogP contribution in [0.25, 0.3) is 0 Å². The summed E-state index contributed by atoms with van der Waals surface area (Å²) in [5.41, 5.74) is 0. The average molecular weight is 168 g/mol. The Labute approximate surface area is 74.9 Å². The Kier molecular flexibility index (Phi) is 4.33. The molecule has 0 saturated heterocycles. The molecular formula is C10H18NO. The second kappa shape index (κ2) is 5.33. The quantitative estimate of drug-likeness (QED) is 0.574. The summed E-state index contributed by atoms with van der Waals surface area (Å²) in [6.45, 7) is 5.30. The lowest BCUT2D eigenvalue weighted by Gasteiger charge is -2.26. The van der Waals surface area contributed by atoms with Crippen molar-refractivity contribution in [2.45, 2.75) is 31.7 Å². The molecular weight excluding hydrogens is 150 g/mol. The van der Waals surface area contributed by atoms with Gasteiger partial charge in [-0.1, -0.05) is 18.9 Å². The van der Waals surface area contributed by atoms with Crippen LogP contribution in [-0.2, 0) is 5.11 Å². The van der Waals surface area contributed by atoms with Gasteiger partial charge in [-0.3, -0.25) is 4.90 Å². The van der Waals surface area contributed by atoms with E-state index >= 15 is 0 Å². The van der Waals surface area contributed by atoms with E-state index in [4.69, 9.17) is 0 Å². The van der Waals surface area contributed by atoms with Gasteiger partial charge in [0, 0.05) is 19.1 Å². The third-order valence-electron chi connectivity index (χ3n) is 2.58. The van der Waals surface area contributed by atoms with Crippen molar-refractivity contribution in [2.75, 3.05) is 19.7 Å². The van der Waals surface area contributed by atoms with E-state index < -0.39 is 0 Å². The summed E-state index contributed by atoms with van der Waals surface area (Å²) in [5, 5.41) is 10.5. The first-order chi connectivity index (χ1) is 5.88. The van der Waals surface area contributed by atoms with Gasteiger partial charge in [0.15, 0.2) is 0 Å². The summed E-state index contributed by atoms with van der Waals surface area (Å²) in [7, 11) is 0. The van der Waals surface area contributed by atoms with Crippen molar-refractivity contribution in [2.24, 2.45) is 0 Å². The minimum Gasteiger partial charge on any atom is -0.294 e. The fourth-order valence-corrected chi connectivity index (χ4v) is 1.98. The molecule has 1 saturated carbocycles. The molecule has 12 heavy (non-hydrogen) atoms. The number of nitrogens with zero attached hydrogens (tertiary/aromatic N) is 1. The maximum Gasteiger partial charge on any atom is 0.0949 e. The third-order valence-corrected chi connectivity index (χ3v) is 2.58. The Morgan fingerprint density at radius 3 is 2.58 bits per heavy atom. The Balaban J connectivity index is 2.33. The van der Waals surface area contributed by atoms with Crippen LogP contribution in [0.3, 0.4) is 0 Å². The minimum atomic E-state index is 0.0182. The van der Waals surface area contributed by atoms with Gasteiger partial charge in [0.1, 0.15) is 0 Å². The van der Waals surface area contributed by atoms with E-state index in [9.17, 15) is 5.11 Å². The molecule has 0 atom stereocenters. The van der Waals surface area contributed by atoms with Crippen molar-refractivity contribution in [3.63, 3.8) is 0 Å². The zero-order valence-corrected chi connectivity index (χ0v) is 7.67. The molecule has 0 N–H and O–H groups in total. The van der Waals surface area contributed by atoms with E-state index in [0.717, 1.165) is 6.54 Å². The average Bonchev–Trinajstić information content (AvgIpc) is 2.56. The van der Waals surface area contributed by atoms with Crippen molar-refractivity contribution in [3.05, 3.63) is 12.7 Å². The molecule has 1 aliphatic carbocycles. The summed E-state index contributed by atoms with van der Waals surface area (Å²) in [6.07, 6.45) is 7.10. The molecule has 69 valence electrons. The van der Waals surface area contributed by atoms with E-state index in [-0.39, 0.29) is 6.61 Å². The fraction of sp³-hybridized carbons (Fsp3) is 0.800. The predicted octanol–water partition coefficient (Wildman–Crippen LogP) is 1.85. The highest BCUT2D eigenvalue weighted by atomic mass is 16.3. The van der Waals surface area contributed by atoms with E-state index in [1.807, 2.05) is 6.08 Å². The molecule has 0 aliphatic heterocycles. The normalized spacial score (nSPS) is 18.8. The summed E-state index contributed by atoms with van der Waals surface area (Å²) in [6, 6.07) is 0.664. The molecule has 0 aromatic heterocycles. The molecule has 1 fully saturated rings. The number of hydrogen-bond donors (Lipinski definition) is 0. The van der Waals surface area contributed by atoms with E-state index in [0.29, 0.717) is 12.6 Å². The standard InChI is InChI=1S/C10H18NO/c1-2-7-11(8-9-12)10-5-3-4-6-10/h2,10H,1,3-9H2. The molecule has 0 heterocycles. The zero-order chi connectivity index (χ0) is 8.81. The van der Waals surface area contributed by atoms with Gasteiger partial charge in [0.2, 0.25) is 0 Å². The van der Waals surface area contributed by atoms with Gasteiger partial charge in [-0.2, -0.15) is 0 Å². The summed E-state index contributed by atoms with van der Waals surface area (Å²) in [5.74, 6) is 0. The van der Waals surface area contributed by atoms with Gasteiger partial charge in [0.25, 0.3) is 0 Å². The summed E-state index contributed by atoms with van der Waals surface area (Å²) < 4.78 is 0. The molecule has 1 radical (unpaired) electrons. The van der Waals surface area contributed by atoms with Gasteiger partial charge in [-0.05, 0) is 12.8 Å². The number of hydrogen-bond acceptors (Lipinski definition) is 1. The Morgan fingerprint density at radius 2 is 2.08 bits per heavy atom. The van der Waals surface area contributed by atoms with Gasteiger partial charge in [0.05, 0.1) is 6.61 Å².